The van der Waals surface area contributed by atoms with Gasteiger partial charge in [0.1, 0.15) is 12.1 Å². The third-order valence-corrected chi connectivity index (χ3v) is 5.71. The van der Waals surface area contributed by atoms with Gasteiger partial charge < -0.3 is 15.4 Å². The zero-order valence-electron chi connectivity index (χ0n) is 17.6. The van der Waals surface area contributed by atoms with Crippen molar-refractivity contribution in [2.75, 3.05) is 0 Å². The van der Waals surface area contributed by atoms with Crippen LogP contribution in [0.15, 0.2) is 60.7 Å². The molecule has 4 N–H and O–H groups in total. The molecule has 0 spiro atoms. The molecule has 1 fully saturated rings. The molecular weight excluding hydrogens is 397 g/mol. The molecule has 9 heteroatoms. The van der Waals surface area contributed by atoms with Crippen molar-refractivity contribution in [2.24, 2.45) is 5.92 Å². The number of carbonyl (C=O) groups is 1. The van der Waals surface area contributed by atoms with Crippen LogP contribution in [0.1, 0.15) is 43.4 Å². The van der Waals surface area contributed by atoms with Crippen LogP contribution in [0.2, 0.25) is 0 Å². The SMILES string of the molecule is CC(C)CC(NC(=O)[C@@H]1N[C@H](c2ccccc2)[C@H]([N+](=O)[O-])[C@H]1c1ccccc1)B(O)O. The normalized spacial score (nSPS) is 24.0. The highest BCUT2D eigenvalue weighted by molar-refractivity contribution is 6.43. The molecule has 31 heavy (non-hydrogen) atoms. The maximum atomic E-state index is 13.3. The van der Waals surface area contributed by atoms with E-state index >= 15 is 0 Å². The Labute approximate surface area is 182 Å². The number of nitrogens with zero attached hydrogens (tertiary/aromatic N) is 1. The van der Waals surface area contributed by atoms with Gasteiger partial charge in [0, 0.05) is 4.92 Å². The minimum absolute atomic E-state index is 0.122. The molecule has 1 unspecified atom stereocenters. The summed E-state index contributed by atoms with van der Waals surface area (Å²) in [7, 11) is -1.72. The highest BCUT2D eigenvalue weighted by atomic mass is 16.6. The second-order valence-corrected chi connectivity index (χ2v) is 8.40. The molecule has 0 aromatic heterocycles. The Hall–Kier alpha value is -2.75. The van der Waals surface area contributed by atoms with Gasteiger partial charge in [0.25, 0.3) is 0 Å². The van der Waals surface area contributed by atoms with Crippen LogP contribution in [-0.4, -0.2) is 46.0 Å². The van der Waals surface area contributed by atoms with E-state index < -0.39 is 43.0 Å². The Morgan fingerprint density at radius 3 is 2.13 bits per heavy atom. The first-order valence-corrected chi connectivity index (χ1v) is 10.5. The summed E-state index contributed by atoms with van der Waals surface area (Å²) in [5.74, 6) is -1.96. The van der Waals surface area contributed by atoms with Gasteiger partial charge in [-0.15, -0.1) is 0 Å². The molecule has 3 rings (SSSR count). The minimum Gasteiger partial charge on any atom is -0.426 e. The standard InChI is InChI=1S/C22H28BN3O5/c1-14(2)13-17(23(28)29)24-22(27)20-18(15-9-5-3-6-10-15)21(26(30)31)19(25-20)16-11-7-4-8-12-16/h3-12,14,17-21,25,28-29H,13H2,1-2H3,(H,24,27)/t17?,18-,19+,20+,21+/m0/s1. The zero-order valence-corrected chi connectivity index (χ0v) is 17.6. The maximum Gasteiger partial charge on any atom is 0.475 e. The maximum absolute atomic E-state index is 13.3. The Morgan fingerprint density at radius 1 is 1.10 bits per heavy atom. The molecule has 164 valence electrons. The number of benzene rings is 2. The monoisotopic (exact) mass is 425 g/mol. The predicted molar refractivity (Wildman–Crippen MR) is 118 cm³/mol. The largest absolute Gasteiger partial charge is 0.475 e. The van der Waals surface area contributed by atoms with Gasteiger partial charge in [-0.1, -0.05) is 74.5 Å². The lowest BCUT2D eigenvalue weighted by atomic mass is 9.74. The summed E-state index contributed by atoms with van der Waals surface area (Å²) in [6, 6.07) is 15.4. The number of hydrogen-bond donors (Lipinski definition) is 4. The van der Waals surface area contributed by atoms with E-state index in [0.29, 0.717) is 12.0 Å². The van der Waals surface area contributed by atoms with Crippen LogP contribution in [0.3, 0.4) is 0 Å². The quantitative estimate of drug-likeness (QED) is 0.290. The molecule has 1 saturated heterocycles. The zero-order chi connectivity index (χ0) is 22.5. The molecule has 8 nitrogen and oxygen atoms in total. The Morgan fingerprint density at radius 2 is 1.65 bits per heavy atom. The average molecular weight is 425 g/mol. The molecule has 1 aliphatic rings. The highest BCUT2D eigenvalue weighted by Crippen LogP contribution is 2.40. The number of amides is 1. The molecule has 2 aromatic carbocycles. The minimum atomic E-state index is -1.72. The summed E-state index contributed by atoms with van der Waals surface area (Å²) in [6.45, 7) is 3.83. The fraction of sp³-hybridized carbons (Fsp3) is 0.409. The van der Waals surface area contributed by atoms with Gasteiger partial charge in [-0.05, 0) is 23.5 Å². The van der Waals surface area contributed by atoms with Crippen molar-refractivity contribution in [1.29, 1.82) is 0 Å². The fourth-order valence-corrected chi connectivity index (χ4v) is 4.35. The van der Waals surface area contributed by atoms with Crippen molar-refractivity contribution in [1.82, 2.24) is 10.6 Å². The Balaban J connectivity index is 1.98. The molecule has 0 radical (unpaired) electrons. The first-order chi connectivity index (χ1) is 14.8. The number of nitro groups is 1. The highest BCUT2D eigenvalue weighted by Gasteiger charge is 2.54. The number of nitrogens with one attached hydrogen (secondary N) is 2. The van der Waals surface area contributed by atoms with Crippen molar-refractivity contribution in [3.05, 3.63) is 81.9 Å². The summed E-state index contributed by atoms with van der Waals surface area (Å²) < 4.78 is 0. The lowest BCUT2D eigenvalue weighted by molar-refractivity contribution is -0.527. The second kappa shape index (κ2) is 10.0. The van der Waals surface area contributed by atoms with Crippen molar-refractivity contribution < 1.29 is 19.8 Å². The predicted octanol–water partition coefficient (Wildman–Crippen LogP) is 1.67. The smallest absolute Gasteiger partial charge is 0.426 e. The molecule has 0 bridgehead atoms. The van der Waals surface area contributed by atoms with Crippen molar-refractivity contribution in [2.45, 2.75) is 50.3 Å². The van der Waals surface area contributed by atoms with Crippen molar-refractivity contribution >= 4 is 13.0 Å². The van der Waals surface area contributed by atoms with E-state index in [2.05, 4.69) is 10.6 Å². The Kier molecular flexibility index (Phi) is 7.43. The molecular formula is C22H28BN3O5. The summed E-state index contributed by atoms with van der Waals surface area (Å²) in [6.07, 6.45) is 0.368. The third-order valence-electron chi connectivity index (χ3n) is 5.71. The first kappa shape index (κ1) is 22.9. The summed E-state index contributed by atoms with van der Waals surface area (Å²) in [4.78, 5) is 25.1. The van der Waals surface area contributed by atoms with Crippen LogP contribution in [-0.2, 0) is 4.79 Å². The van der Waals surface area contributed by atoms with E-state index in [1.54, 1.807) is 48.5 Å². The molecule has 0 aliphatic carbocycles. The van der Waals surface area contributed by atoms with E-state index in [4.69, 9.17) is 0 Å². The Bertz CT molecular complexity index is 881. The van der Waals surface area contributed by atoms with Crippen LogP contribution in [0.4, 0.5) is 0 Å². The summed E-state index contributed by atoms with van der Waals surface area (Å²) in [5, 5.41) is 37.5. The van der Waals surface area contributed by atoms with Crippen LogP contribution < -0.4 is 10.6 Å². The first-order valence-electron chi connectivity index (χ1n) is 10.5. The van der Waals surface area contributed by atoms with E-state index in [-0.39, 0.29) is 10.8 Å². The number of hydrogen-bond acceptors (Lipinski definition) is 6. The number of carbonyl (C=O) groups excluding carboxylic acids is 1. The van der Waals surface area contributed by atoms with E-state index in [1.807, 2.05) is 26.0 Å². The molecule has 1 amide bonds. The van der Waals surface area contributed by atoms with Gasteiger partial charge in [-0.2, -0.15) is 0 Å². The molecule has 5 atom stereocenters. The van der Waals surface area contributed by atoms with Crippen LogP contribution in [0, 0.1) is 16.0 Å². The summed E-state index contributed by atoms with van der Waals surface area (Å²) in [5.41, 5.74) is 1.40. The van der Waals surface area contributed by atoms with E-state index in [0.717, 1.165) is 5.56 Å². The van der Waals surface area contributed by atoms with Crippen molar-refractivity contribution in [3.8, 4) is 0 Å². The van der Waals surface area contributed by atoms with Crippen LogP contribution in [0.5, 0.6) is 0 Å². The third kappa shape index (κ3) is 5.30. The summed E-state index contributed by atoms with van der Waals surface area (Å²) >= 11 is 0. The van der Waals surface area contributed by atoms with Crippen LogP contribution >= 0.6 is 0 Å². The van der Waals surface area contributed by atoms with Gasteiger partial charge in [-0.3, -0.25) is 20.2 Å². The fourth-order valence-electron chi connectivity index (χ4n) is 4.35. The van der Waals surface area contributed by atoms with Gasteiger partial charge in [0.2, 0.25) is 11.9 Å². The van der Waals surface area contributed by atoms with Gasteiger partial charge in [0.05, 0.1) is 11.9 Å². The number of rotatable bonds is 8. The molecule has 2 aromatic rings. The van der Waals surface area contributed by atoms with Gasteiger partial charge >= 0.3 is 7.12 Å². The second-order valence-electron chi connectivity index (χ2n) is 8.40. The molecule has 1 aliphatic heterocycles. The molecule has 1 heterocycles. The average Bonchev–Trinajstić information content (AvgIpc) is 3.15. The van der Waals surface area contributed by atoms with Crippen molar-refractivity contribution in [3.63, 3.8) is 0 Å². The van der Waals surface area contributed by atoms with E-state index in [9.17, 15) is 25.0 Å². The van der Waals surface area contributed by atoms with E-state index in [1.165, 1.54) is 0 Å². The lowest BCUT2D eigenvalue weighted by Crippen LogP contribution is -2.53. The van der Waals surface area contributed by atoms with Crippen LogP contribution in [0.25, 0.3) is 0 Å². The lowest BCUT2D eigenvalue weighted by Gasteiger charge is -2.24. The topological polar surface area (TPSA) is 125 Å². The van der Waals surface area contributed by atoms with Gasteiger partial charge in [0.15, 0.2) is 0 Å². The molecule has 0 saturated carbocycles. The van der Waals surface area contributed by atoms with Gasteiger partial charge in [-0.25, -0.2) is 0 Å².